The highest BCUT2D eigenvalue weighted by Crippen LogP contribution is 2.12. The van der Waals surface area contributed by atoms with Crippen molar-refractivity contribution in [2.24, 2.45) is 0 Å². The maximum Gasteiger partial charge on any atom is 0.332 e. The molecule has 0 aliphatic rings. The van der Waals surface area contributed by atoms with Gasteiger partial charge in [-0.05, 0) is 25.1 Å². The van der Waals surface area contributed by atoms with Crippen molar-refractivity contribution in [3.05, 3.63) is 29.8 Å². The maximum atomic E-state index is 11.8. The van der Waals surface area contributed by atoms with E-state index in [0.717, 1.165) is 0 Å². The first kappa shape index (κ1) is 15.0. The number of carbonyl (C=O) groups excluding carboxylic acids is 1. The van der Waals surface area contributed by atoms with Crippen LogP contribution in [-0.4, -0.2) is 43.3 Å². The molecule has 1 aromatic rings. The Morgan fingerprint density at radius 1 is 1.42 bits per heavy atom. The third kappa shape index (κ3) is 4.97. The second-order valence-electron chi connectivity index (χ2n) is 3.84. The zero-order valence-electron chi connectivity index (χ0n) is 10.9. The van der Waals surface area contributed by atoms with Crippen LogP contribution in [0.25, 0.3) is 0 Å². The number of benzene rings is 1. The van der Waals surface area contributed by atoms with Gasteiger partial charge in [0.1, 0.15) is 5.75 Å². The van der Waals surface area contributed by atoms with Crippen LogP contribution in [0.4, 0.5) is 0 Å². The predicted octanol–water partition coefficient (Wildman–Crippen LogP) is 0.915. The Hall–Kier alpha value is -2.08. The third-order valence-corrected chi connectivity index (χ3v) is 2.44. The molecule has 0 saturated heterocycles. The highest BCUT2D eigenvalue weighted by atomic mass is 16.5. The number of carboxylic acids is 1. The summed E-state index contributed by atoms with van der Waals surface area (Å²) in [7, 11) is 1.53. The minimum atomic E-state index is -1.03. The fourth-order valence-electron chi connectivity index (χ4n) is 1.34. The van der Waals surface area contributed by atoms with Gasteiger partial charge < -0.3 is 19.9 Å². The highest BCUT2D eigenvalue weighted by Gasteiger charge is 2.11. The molecule has 104 valence electrons. The van der Waals surface area contributed by atoms with Crippen molar-refractivity contribution in [2.75, 3.05) is 20.3 Å². The van der Waals surface area contributed by atoms with Crippen LogP contribution >= 0.6 is 0 Å². The Bertz CT molecular complexity index is 446. The van der Waals surface area contributed by atoms with Crippen LogP contribution in [0.5, 0.6) is 5.75 Å². The second-order valence-corrected chi connectivity index (χ2v) is 3.84. The molecule has 2 N–H and O–H groups in total. The standard InChI is InChI=1S/C13H17NO5/c1-9(13(16)17)19-7-6-14-12(15)10-4-3-5-11(8-10)18-2/h3-5,8-9H,6-7H2,1-2H3,(H,14,15)(H,16,17). The predicted molar refractivity (Wildman–Crippen MR) is 68.4 cm³/mol. The van der Waals surface area contributed by atoms with Crippen molar-refractivity contribution >= 4 is 11.9 Å². The first-order valence-corrected chi connectivity index (χ1v) is 5.81. The van der Waals surface area contributed by atoms with Crippen LogP contribution in [0.3, 0.4) is 0 Å². The lowest BCUT2D eigenvalue weighted by atomic mass is 10.2. The van der Waals surface area contributed by atoms with Gasteiger partial charge in [0.25, 0.3) is 5.91 Å². The molecule has 1 aromatic carbocycles. The molecule has 1 unspecified atom stereocenters. The molecular formula is C13H17NO5. The monoisotopic (exact) mass is 267 g/mol. The molecule has 0 radical (unpaired) electrons. The highest BCUT2D eigenvalue weighted by molar-refractivity contribution is 5.94. The zero-order valence-corrected chi connectivity index (χ0v) is 10.9. The Balaban J connectivity index is 2.37. The molecule has 6 nitrogen and oxygen atoms in total. The number of aliphatic carboxylic acids is 1. The van der Waals surface area contributed by atoms with E-state index < -0.39 is 12.1 Å². The Kier molecular flexibility index (Phi) is 5.81. The summed E-state index contributed by atoms with van der Waals surface area (Å²) in [5.41, 5.74) is 0.477. The zero-order chi connectivity index (χ0) is 14.3. The number of ether oxygens (including phenoxy) is 2. The average Bonchev–Trinajstić information content (AvgIpc) is 2.42. The largest absolute Gasteiger partial charge is 0.497 e. The molecule has 0 aliphatic heterocycles. The SMILES string of the molecule is COc1cccc(C(=O)NCCOC(C)C(=O)O)c1. The van der Waals surface area contributed by atoms with Gasteiger partial charge in [-0.3, -0.25) is 4.79 Å². The third-order valence-electron chi connectivity index (χ3n) is 2.44. The number of carboxylic acid groups (broad SMARTS) is 1. The van der Waals surface area contributed by atoms with Gasteiger partial charge in [-0.2, -0.15) is 0 Å². The Morgan fingerprint density at radius 2 is 2.16 bits per heavy atom. The molecule has 0 bridgehead atoms. The van der Waals surface area contributed by atoms with Crippen molar-refractivity contribution in [2.45, 2.75) is 13.0 Å². The molecule has 6 heteroatoms. The van der Waals surface area contributed by atoms with Crippen LogP contribution in [0.1, 0.15) is 17.3 Å². The number of carbonyl (C=O) groups is 2. The molecule has 1 rings (SSSR count). The van der Waals surface area contributed by atoms with Crippen LogP contribution < -0.4 is 10.1 Å². The minimum absolute atomic E-state index is 0.142. The van der Waals surface area contributed by atoms with E-state index in [1.807, 2.05) is 0 Å². The van der Waals surface area contributed by atoms with Gasteiger partial charge in [-0.25, -0.2) is 4.79 Å². The van der Waals surface area contributed by atoms with Crippen LogP contribution in [0.15, 0.2) is 24.3 Å². The topological polar surface area (TPSA) is 84.9 Å². The number of methoxy groups -OCH3 is 1. The van der Waals surface area contributed by atoms with Gasteiger partial charge in [0.2, 0.25) is 0 Å². The van der Waals surface area contributed by atoms with Gasteiger partial charge >= 0.3 is 5.97 Å². The van der Waals surface area contributed by atoms with Gasteiger partial charge in [0.05, 0.1) is 13.7 Å². The molecule has 1 atom stereocenters. The molecule has 19 heavy (non-hydrogen) atoms. The van der Waals surface area contributed by atoms with E-state index in [0.29, 0.717) is 11.3 Å². The summed E-state index contributed by atoms with van der Waals surface area (Å²) in [4.78, 5) is 22.2. The van der Waals surface area contributed by atoms with Crippen molar-refractivity contribution in [3.8, 4) is 5.75 Å². The lowest BCUT2D eigenvalue weighted by Crippen LogP contribution is -2.30. The van der Waals surface area contributed by atoms with E-state index >= 15 is 0 Å². The van der Waals surface area contributed by atoms with E-state index in [1.165, 1.54) is 14.0 Å². The van der Waals surface area contributed by atoms with Gasteiger partial charge in [-0.15, -0.1) is 0 Å². The summed E-state index contributed by atoms with van der Waals surface area (Å²) >= 11 is 0. The number of hydrogen-bond donors (Lipinski definition) is 2. The van der Waals surface area contributed by atoms with E-state index in [4.69, 9.17) is 14.6 Å². The molecule has 0 spiro atoms. The Morgan fingerprint density at radius 3 is 2.79 bits per heavy atom. The van der Waals surface area contributed by atoms with Crippen molar-refractivity contribution in [1.82, 2.24) is 5.32 Å². The molecule has 0 aromatic heterocycles. The van der Waals surface area contributed by atoms with Crippen molar-refractivity contribution < 1.29 is 24.2 Å². The summed E-state index contributed by atoms with van der Waals surface area (Å²) in [5, 5.41) is 11.2. The first-order valence-electron chi connectivity index (χ1n) is 5.81. The molecule has 0 heterocycles. The number of rotatable bonds is 7. The number of amides is 1. The molecule has 1 amide bonds. The lowest BCUT2D eigenvalue weighted by Gasteiger charge is -2.09. The van der Waals surface area contributed by atoms with Gasteiger partial charge in [-0.1, -0.05) is 6.07 Å². The minimum Gasteiger partial charge on any atom is -0.497 e. The molecule has 0 aliphatic carbocycles. The van der Waals surface area contributed by atoms with Crippen LogP contribution in [-0.2, 0) is 9.53 Å². The summed E-state index contributed by atoms with van der Waals surface area (Å²) < 4.78 is 10.0. The quantitative estimate of drug-likeness (QED) is 0.717. The lowest BCUT2D eigenvalue weighted by molar-refractivity contribution is -0.148. The number of nitrogens with one attached hydrogen (secondary N) is 1. The number of hydrogen-bond acceptors (Lipinski definition) is 4. The Labute approximate surface area is 111 Å². The smallest absolute Gasteiger partial charge is 0.332 e. The second kappa shape index (κ2) is 7.38. The normalized spacial score (nSPS) is 11.7. The van der Waals surface area contributed by atoms with E-state index in [-0.39, 0.29) is 19.1 Å². The fourth-order valence-corrected chi connectivity index (χ4v) is 1.34. The van der Waals surface area contributed by atoms with Crippen LogP contribution in [0.2, 0.25) is 0 Å². The summed E-state index contributed by atoms with van der Waals surface area (Å²) in [6.07, 6.45) is -0.881. The fraction of sp³-hybridized carbons (Fsp3) is 0.385. The summed E-state index contributed by atoms with van der Waals surface area (Å²) in [6, 6.07) is 6.75. The van der Waals surface area contributed by atoms with E-state index in [2.05, 4.69) is 5.32 Å². The average molecular weight is 267 g/mol. The van der Waals surface area contributed by atoms with Gasteiger partial charge in [0, 0.05) is 12.1 Å². The van der Waals surface area contributed by atoms with Crippen molar-refractivity contribution in [3.63, 3.8) is 0 Å². The molecule has 0 fully saturated rings. The summed E-state index contributed by atoms with van der Waals surface area (Å²) in [6.45, 7) is 1.82. The van der Waals surface area contributed by atoms with E-state index in [1.54, 1.807) is 24.3 Å². The van der Waals surface area contributed by atoms with Gasteiger partial charge in [0.15, 0.2) is 6.10 Å². The first-order chi connectivity index (χ1) is 9.04. The van der Waals surface area contributed by atoms with Crippen LogP contribution in [0, 0.1) is 0 Å². The molecular weight excluding hydrogens is 250 g/mol. The van der Waals surface area contributed by atoms with E-state index in [9.17, 15) is 9.59 Å². The van der Waals surface area contributed by atoms with Crippen molar-refractivity contribution in [1.29, 1.82) is 0 Å². The molecule has 0 saturated carbocycles. The summed E-state index contributed by atoms with van der Waals surface area (Å²) in [5.74, 6) is -0.687. The maximum absolute atomic E-state index is 11.8.